The van der Waals surface area contributed by atoms with Gasteiger partial charge in [-0.1, -0.05) is 13.8 Å². The summed E-state index contributed by atoms with van der Waals surface area (Å²) in [6.07, 6.45) is 4.27. The second kappa shape index (κ2) is 5.34. The minimum atomic E-state index is 0.671. The Kier molecular flexibility index (Phi) is 3.83. The van der Waals surface area contributed by atoms with E-state index in [9.17, 15) is 0 Å². The molecule has 0 atom stereocenters. The van der Waals surface area contributed by atoms with Crippen LogP contribution in [-0.2, 0) is 6.54 Å². The van der Waals surface area contributed by atoms with E-state index in [1.165, 1.54) is 12.8 Å². The number of hydrogen-bond acceptors (Lipinski definition) is 4. The Labute approximate surface area is 97.0 Å². The third-order valence-electron chi connectivity index (χ3n) is 2.77. The molecule has 4 nitrogen and oxygen atoms in total. The van der Waals surface area contributed by atoms with E-state index in [4.69, 9.17) is 4.42 Å². The summed E-state index contributed by atoms with van der Waals surface area (Å²) in [4.78, 5) is 6.70. The first-order valence-electron chi connectivity index (χ1n) is 6.16. The quantitative estimate of drug-likeness (QED) is 0.829. The van der Waals surface area contributed by atoms with E-state index in [1.807, 2.05) is 0 Å². The van der Waals surface area contributed by atoms with E-state index in [1.54, 1.807) is 6.26 Å². The third-order valence-corrected chi connectivity index (χ3v) is 2.77. The third kappa shape index (κ3) is 2.98. The zero-order valence-corrected chi connectivity index (χ0v) is 10.2. The van der Waals surface area contributed by atoms with Crippen LogP contribution in [0.2, 0.25) is 0 Å². The summed E-state index contributed by atoms with van der Waals surface area (Å²) < 4.78 is 5.48. The summed E-state index contributed by atoms with van der Waals surface area (Å²) in [5, 5.41) is 3.36. The van der Waals surface area contributed by atoms with Gasteiger partial charge in [0.15, 0.2) is 0 Å². The maximum Gasteiger partial charge on any atom is 0.297 e. The largest absolute Gasteiger partial charge is 0.432 e. The van der Waals surface area contributed by atoms with Crippen molar-refractivity contribution in [3.05, 3.63) is 12.0 Å². The van der Waals surface area contributed by atoms with Crippen LogP contribution in [-0.4, -0.2) is 24.6 Å². The molecule has 0 aromatic carbocycles. The molecule has 0 spiro atoms. The van der Waals surface area contributed by atoms with Gasteiger partial charge in [-0.05, 0) is 25.3 Å². The SMILES string of the molecule is CC(C)CNCc1coc(N2CCCC2)n1. The van der Waals surface area contributed by atoms with Crippen LogP contribution in [0.3, 0.4) is 0 Å². The predicted octanol–water partition coefficient (Wildman–Crippen LogP) is 2.02. The minimum Gasteiger partial charge on any atom is -0.432 e. The maximum absolute atomic E-state index is 5.48. The smallest absolute Gasteiger partial charge is 0.297 e. The fraction of sp³-hybridized carbons (Fsp3) is 0.750. The van der Waals surface area contributed by atoms with Gasteiger partial charge in [0.25, 0.3) is 6.01 Å². The van der Waals surface area contributed by atoms with Crippen LogP contribution in [0.4, 0.5) is 6.01 Å². The minimum absolute atomic E-state index is 0.671. The zero-order valence-electron chi connectivity index (χ0n) is 10.2. The monoisotopic (exact) mass is 223 g/mol. The molecule has 2 rings (SSSR count). The molecule has 0 amide bonds. The van der Waals surface area contributed by atoms with Gasteiger partial charge in [-0.25, -0.2) is 0 Å². The average molecular weight is 223 g/mol. The Morgan fingerprint density at radius 3 is 2.88 bits per heavy atom. The van der Waals surface area contributed by atoms with Crippen molar-refractivity contribution < 1.29 is 4.42 Å². The van der Waals surface area contributed by atoms with Crippen LogP contribution in [0.25, 0.3) is 0 Å². The Hall–Kier alpha value is -1.03. The highest BCUT2D eigenvalue weighted by atomic mass is 16.4. The molecule has 90 valence electrons. The van der Waals surface area contributed by atoms with Gasteiger partial charge in [0, 0.05) is 19.6 Å². The highest BCUT2D eigenvalue weighted by Gasteiger charge is 2.16. The Balaban J connectivity index is 1.82. The second-order valence-corrected chi connectivity index (χ2v) is 4.84. The molecule has 1 saturated heterocycles. The maximum atomic E-state index is 5.48. The molecule has 0 unspecified atom stereocenters. The van der Waals surface area contributed by atoms with Crippen molar-refractivity contribution in [1.29, 1.82) is 0 Å². The van der Waals surface area contributed by atoms with Gasteiger partial charge in [-0.15, -0.1) is 0 Å². The number of anilines is 1. The topological polar surface area (TPSA) is 41.3 Å². The van der Waals surface area contributed by atoms with Crippen LogP contribution in [0.5, 0.6) is 0 Å². The second-order valence-electron chi connectivity index (χ2n) is 4.84. The molecule has 0 bridgehead atoms. The van der Waals surface area contributed by atoms with Gasteiger partial charge in [0.05, 0.1) is 5.69 Å². The van der Waals surface area contributed by atoms with Crippen molar-refractivity contribution in [1.82, 2.24) is 10.3 Å². The van der Waals surface area contributed by atoms with E-state index in [-0.39, 0.29) is 0 Å². The number of nitrogens with zero attached hydrogens (tertiary/aromatic N) is 2. The Morgan fingerprint density at radius 1 is 1.44 bits per heavy atom. The fourth-order valence-electron chi connectivity index (χ4n) is 1.92. The lowest BCUT2D eigenvalue weighted by atomic mass is 10.2. The van der Waals surface area contributed by atoms with Crippen molar-refractivity contribution in [3.63, 3.8) is 0 Å². The highest BCUT2D eigenvalue weighted by Crippen LogP contribution is 2.18. The van der Waals surface area contributed by atoms with Crippen LogP contribution >= 0.6 is 0 Å². The van der Waals surface area contributed by atoms with E-state index >= 15 is 0 Å². The van der Waals surface area contributed by atoms with Crippen LogP contribution in [0, 0.1) is 5.92 Å². The average Bonchev–Trinajstić information content (AvgIpc) is 2.85. The molecule has 4 heteroatoms. The number of hydrogen-bond donors (Lipinski definition) is 1. The van der Waals surface area contributed by atoms with Gasteiger partial charge in [0.2, 0.25) is 0 Å². The van der Waals surface area contributed by atoms with Gasteiger partial charge < -0.3 is 14.6 Å². The summed E-state index contributed by atoms with van der Waals surface area (Å²) in [5.74, 6) is 0.671. The van der Waals surface area contributed by atoms with Crippen LogP contribution < -0.4 is 10.2 Å². The van der Waals surface area contributed by atoms with Gasteiger partial charge in [-0.2, -0.15) is 4.98 Å². The molecule has 1 fully saturated rings. The molecule has 1 aromatic heterocycles. The Morgan fingerprint density at radius 2 is 2.19 bits per heavy atom. The molecule has 1 aromatic rings. The zero-order chi connectivity index (χ0) is 11.4. The van der Waals surface area contributed by atoms with Crippen molar-refractivity contribution in [2.75, 3.05) is 24.5 Å². The van der Waals surface area contributed by atoms with Gasteiger partial charge in [-0.3, -0.25) is 0 Å². The van der Waals surface area contributed by atoms with Crippen LogP contribution in [0.15, 0.2) is 10.7 Å². The first-order chi connectivity index (χ1) is 7.75. The fourth-order valence-corrected chi connectivity index (χ4v) is 1.92. The van der Waals surface area contributed by atoms with Gasteiger partial charge >= 0.3 is 0 Å². The molecular weight excluding hydrogens is 202 g/mol. The molecule has 0 saturated carbocycles. The lowest BCUT2D eigenvalue weighted by molar-refractivity contribution is 0.536. The van der Waals surface area contributed by atoms with Crippen LogP contribution in [0.1, 0.15) is 32.4 Å². The number of rotatable bonds is 5. The molecule has 0 radical (unpaired) electrons. The summed E-state index contributed by atoms with van der Waals surface area (Å²) in [5.41, 5.74) is 1.00. The molecule has 0 aliphatic carbocycles. The predicted molar refractivity (Wildman–Crippen MR) is 64.5 cm³/mol. The van der Waals surface area contributed by atoms with Crippen molar-refractivity contribution in [2.24, 2.45) is 5.92 Å². The first kappa shape index (κ1) is 11.5. The number of oxazole rings is 1. The van der Waals surface area contributed by atoms with Crippen molar-refractivity contribution in [2.45, 2.75) is 33.2 Å². The molecule has 1 aliphatic rings. The standard InChI is InChI=1S/C12H21N3O/c1-10(2)7-13-8-11-9-16-12(14-11)15-5-3-4-6-15/h9-10,13H,3-8H2,1-2H3. The molecule has 16 heavy (non-hydrogen) atoms. The first-order valence-corrected chi connectivity index (χ1v) is 6.16. The van der Waals surface area contributed by atoms with E-state index in [0.29, 0.717) is 5.92 Å². The normalized spacial score (nSPS) is 16.3. The van der Waals surface area contributed by atoms with Gasteiger partial charge in [0.1, 0.15) is 6.26 Å². The van der Waals surface area contributed by atoms with E-state index in [0.717, 1.165) is 37.9 Å². The summed E-state index contributed by atoms with van der Waals surface area (Å²) in [6, 6.07) is 0.791. The lowest BCUT2D eigenvalue weighted by Crippen LogP contribution is -2.20. The molecule has 2 heterocycles. The number of aromatic nitrogens is 1. The van der Waals surface area contributed by atoms with E-state index in [2.05, 4.69) is 29.0 Å². The molecule has 1 N–H and O–H groups in total. The Bertz CT molecular complexity index is 316. The summed E-state index contributed by atoms with van der Waals surface area (Å²) in [7, 11) is 0. The lowest BCUT2D eigenvalue weighted by Gasteiger charge is -2.10. The number of nitrogens with one attached hydrogen (secondary N) is 1. The van der Waals surface area contributed by atoms with Crippen molar-refractivity contribution in [3.8, 4) is 0 Å². The van der Waals surface area contributed by atoms with Crippen molar-refractivity contribution >= 4 is 6.01 Å². The highest BCUT2D eigenvalue weighted by molar-refractivity contribution is 5.28. The summed E-state index contributed by atoms with van der Waals surface area (Å²) >= 11 is 0. The van der Waals surface area contributed by atoms with E-state index < -0.39 is 0 Å². The molecule has 1 aliphatic heterocycles. The molecular formula is C12H21N3O. The summed E-state index contributed by atoms with van der Waals surface area (Å²) in [6.45, 7) is 8.39.